The minimum atomic E-state index is -0.273. The Hall–Kier alpha value is -2.89. The number of nitrogens with two attached hydrogens (primary N) is 1. The van der Waals surface area contributed by atoms with E-state index in [4.69, 9.17) is 5.73 Å². The Morgan fingerprint density at radius 1 is 1.38 bits per heavy atom. The van der Waals surface area contributed by atoms with Gasteiger partial charge in [-0.15, -0.1) is 5.10 Å². The molecule has 0 saturated carbocycles. The van der Waals surface area contributed by atoms with Crippen LogP contribution in [0, 0.1) is 6.92 Å². The summed E-state index contributed by atoms with van der Waals surface area (Å²) in [6, 6.07) is 5.81. The lowest BCUT2D eigenvalue weighted by molar-refractivity contribution is 0.656. The number of fused-ring (bicyclic) bond motifs is 3. The van der Waals surface area contributed by atoms with E-state index < -0.39 is 0 Å². The van der Waals surface area contributed by atoms with Crippen molar-refractivity contribution < 1.29 is 0 Å². The minimum Gasteiger partial charge on any atom is -0.369 e. The van der Waals surface area contributed by atoms with Crippen molar-refractivity contribution in [2.45, 2.75) is 33.7 Å². The lowest BCUT2D eigenvalue weighted by Gasteiger charge is -2.03. The van der Waals surface area contributed by atoms with Crippen LogP contribution in [-0.4, -0.2) is 19.2 Å². The first kappa shape index (κ1) is 16.0. The zero-order valence-corrected chi connectivity index (χ0v) is 14.2. The van der Waals surface area contributed by atoms with Crippen LogP contribution >= 0.6 is 0 Å². The van der Waals surface area contributed by atoms with Gasteiger partial charge in [0.1, 0.15) is 0 Å². The van der Waals surface area contributed by atoms with Crippen LogP contribution in [0.3, 0.4) is 0 Å². The smallest absolute Gasteiger partial charge is 0.353 e. The third-order valence-electron chi connectivity index (χ3n) is 3.95. The second-order valence-corrected chi connectivity index (χ2v) is 5.73. The number of para-hydroxylation sites is 1. The molecule has 0 aliphatic rings. The first-order valence-corrected chi connectivity index (χ1v) is 8.03. The molecule has 0 bridgehead atoms. The molecule has 6 heteroatoms. The third kappa shape index (κ3) is 2.60. The average molecular weight is 323 g/mol. The first-order chi connectivity index (χ1) is 11.6. The summed E-state index contributed by atoms with van der Waals surface area (Å²) >= 11 is 0. The molecule has 0 spiro atoms. The topological polar surface area (TPSA) is 78.2 Å². The van der Waals surface area contributed by atoms with Crippen LogP contribution in [0.4, 0.5) is 5.95 Å². The molecule has 2 aromatic heterocycles. The minimum absolute atomic E-state index is 0.162. The maximum atomic E-state index is 12.7. The number of hydrogen-bond acceptors (Lipinski definition) is 4. The highest BCUT2D eigenvalue weighted by molar-refractivity contribution is 5.93. The second-order valence-electron chi connectivity index (χ2n) is 5.73. The Bertz CT molecular complexity index is 1020. The van der Waals surface area contributed by atoms with Gasteiger partial charge in [-0.05, 0) is 37.5 Å². The molecule has 0 atom stereocenters. The third-order valence-corrected chi connectivity index (χ3v) is 3.95. The molecule has 0 unspecified atom stereocenters. The molecular weight excluding hydrogens is 302 g/mol. The van der Waals surface area contributed by atoms with E-state index in [1.807, 2.05) is 44.2 Å². The van der Waals surface area contributed by atoms with Gasteiger partial charge < -0.3 is 5.73 Å². The summed E-state index contributed by atoms with van der Waals surface area (Å²) in [6.45, 7) is 6.39. The monoisotopic (exact) mass is 323 g/mol. The Kier molecular flexibility index (Phi) is 4.20. The molecule has 0 aliphatic carbocycles. The molecule has 3 aromatic rings. The predicted molar refractivity (Wildman–Crippen MR) is 97.1 cm³/mol. The van der Waals surface area contributed by atoms with Crippen molar-refractivity contribution in [1.29, 1.82) is 0 Å². The van der Waals surface area contributed by atoms with Crippen LogP contribution in [-0.2, 0) is 6.54 Å². The fraction of sp³-hybridized carbons (Fsp3) is 0.278. The molecule has 0 saturated heterocycles. The van der Waals surface area contributed by atoms with Gasteiger partial charge in [0.25, 0.3) is 0 Å². The number of benzene rings is 1. The average Bonchev–Trinajstić information content (AvgIpc) is 2.87. The van der Waals surface area contributed by atoms with Crippen LogP contribution in [0.5, 0.6) is 0 Å². The van der Waals surface area contributed by atoms with E-state index >= 15 is 0 Å². The van der Waals surface area contributed by atoms with Gasteiger partial charge in [-0.3, -0.25) is 0 Å². The van der Waals surface area contributed by atoms with E-state index in [-0.39, 0.29) is 11.6 Å². The van der Waals surface area contributed by atoms with Crippen molar-refractivity contribution in [2.75, 3.05) is 5.73 Å². The number of aryl methyl sites for hydroxylation is 1. The summed E-state index contributed by atoms with van der Waals surface area (Å²) in [5, 5.41) is 5.35. The summed E-state index contributed by atoms with van der Waals surface area (Å²) in [5.74, 6) is 0.162. The molecule has 0 fully saturated rings. The fourth-order valence-corrected chi connectivity index (χ4v) is 2.88. The molecule has 2 heterocycles. The van der Waals surface area contributed by atoms with Crippen LogP contribution in [0.2, 0.25) is 0 Å². The molecule has 3 rings (SSSR count). The molecule has 1 aromatic carbocycles. The Labute approximate surface area is 139 Å². The van der Waals surface area contributed by atoms with Crippen LogP contribution < -0.4 is 11.4 Å². The SMILES string of the molecule is C/C=C\C(=C/CC)Cn1nc2c3cccc(C)c3nc(N)n2c1=O. The maximum absolute atomic E-state index is 12.7. The normalized spacial score (nSPS) is 12.7. The van der Waals surface area contributed by atoms with E-state index in [9.17, 15) is 4.79 Å². The largest absolute Gasteiger partial charge is 0.369 e. The molecule has 0 aliphatic heterocycles. The summed E-state index contributed by atoms with van der Waals surface area (Å²) in [6.07, 6.45) is 6.93. The zero-order chi connectivity index (χ0) is 17.3. The molecule has 6 nitrogen and oxygen atoms in total. The van der Waals surface area contributed by atoms with Crippen molar-refractivity contribution in [3.63, 3.8) is 0 Å². The highest BCUT2D eigenvalue weighted by Gasteiger charge is 2.15. The lowest BCUT2D eigenvalue weighted by Crippen LogP contribution is -2.23. The van der Waals surface area contributed by atoms with Gasteiger partial charge in [-0.25, -0.2) is 18.9 Å². The number of rotatable bonds is 4. The highest BCUT2D eigenvalue weighted by atomic mass is 16.2. The van der Waals surface area contributed by atoms with E-state index in [1.54, 1.807) is 0 Å². The van der Waals surface area contributed by atoms with Crippen LogP contribution in [0.25, 0.3) is 16.6 Å². The van der Waals surface area contributed by atoms with E-state index in [2.05, 4.69) is 23.1 Å². The van der Waals surface area contributed by atoms with Crippen molar-refractivity contribution in [3.8, 4) is 0 Å². The molecule has 0 amide bonds. The molecule has 0 radical (unpaired) electrons. The van der Waals surface area contributed by atoms with E-state index in [0.29, 0.717) is 12.2 Å². The number of nitrogens with zero attached hydrogens (tertiary/aromatic N) is 4. The Morgan fingerprint density at radius 3 is 2.88 bits per heavy atom. The summed E-state index contributed by atoms with van der Waals surface area (Å²) in [7, 11) is 0. The maximum Gasteiger partial charge on any atom is 0.353 e. The number of aromatic nitrogens is 4. The standard InChI is InChI=1S/C18H21N5O/c1-4-7-13(8-5-2)11-22-18(24)23-16(21-22)14-10-6-9-12(3)15(14)20-17(23)19/h4,6-10H,5,11H2,1-3H3,(H2,19,20)/b7-4-,13-8+. The summed E-state index contributed by atoms with van der Waals surface area (Å²) in [4.78, 5) is 17.1. The molecule has 2 N–H and O–H groups in total. The van der Waals surface area contributed by atoms with Crippen molar-refractivity contribution in [3.05, 3.63) is 58.0 Å². The highest BCUT2D eigenvalue weighted by Crippen LogP contribution is 2.21. The van der Waals surface area contributed by atoms with Crippen molar-refractivity contribution >= 4 is 22.5 Å². The zero-order valence-electron chi connectivity index (χ0n) is 14.2. The quantitative estimate of drug-likeness (QED) is 0.749. The lowest BCUT2D eigenvalue weighted by atomic mass is 10.1. The van der Waals surface area contributed by atoms with E-state index in [1.165, 1.54) is 9.08 Å². The fourth-order valence-electron chi connectivity index (χ4n) is 2.88. The van der Waals surface area contributed by atoms with Crippen LogP contribution in [0.15, 0.2) is 46.8 Å². The van der Waals surface area contributed by atoms with Crippen molar-refractivity contribution in [1.82, 2.24) is 19.2 Å². The van der Waals surface area contributed by atoms with Gasteiger partial charge in [-0.1, -0.05) is 37.3 Å². The molecule has 124 valence electrons. The summed E-state index contributed by atoms with van der Waals surface area (Å²) in [5.41, 5.74) is 9.11. The van der Waals surface area contributed by atoms with E-state index in [0.717, 1.165) is 28.5 Å². The Morgan fingerprint density at radius 2 is 2.17 bits per heavy atom. The second kappa shape index (κ2) is 6.31. The number of allylic oxidation sites excluding steroid dienone is 4. The Balaban J connectivity index is 2.26. The van der Waals surface area contributed by atoms with Gasteiger partial charge in [0.15, 0.2) is 5.65 Å². The van der Waals surface area contributed by atoms with Gasteiger partial charge in [0, 0.05) is 5.39 Å². The first-order valence-electron chi connectivity index (χ1n) is 8.03. The number of anilines is 1. The van der Waals surface area contributed by atoms with Gasteiger partial charge in [0.2, 0.25) is 5.95 Å². The number of hydrogen-bond donors (Lipinski definition) is 1. The van der Waals surface area contributed by atoms with Crippen molar-refractivity contribution in [2.24, 2.45) is 0 Å². The summed E-state index contributed by atoms with van der Waals surface area (Å²) < 4.78 is 2.82. The molecule has 24 heavy (non-hydrogen) atoms. The van der Waals surface area contributed by atoms with Gasteiger partial charge >= 0.3 is 5.69 Å². The van der Waals surface area contributed by atoms with Gasteiger partial charge in [0.05, 0.1) is 12.1 Å². The van der Waals surface area contributed by atoms with Gasteiger partial charge in [-0.2, -0.15) is 0 Å². The van der Waals surface area contributed by atoms with Crippen LogP contribution in [0.1, 0.15) is 25.8 Å². The number of nitrogen functional groups attached to an aromatic ring is 1. The molecular formula is C18H21N5O. The predicted octanol–water partition coefficient (Wildman–Crippen LogP) is 2.85.